The van der Waals surface area contributed by atoms with Crippen LogP contribution in [0.3, 0.4) is 0 Å². The minimum absolute atomic E-state index is 0.0579. The second-order valence-electron chi connectivity index (χ2n) is 8.25. The maximum atomic E-state index is 13.3. The van der Waals surface area contributed by atoms with Gasteiger partial charge in [-0.3, -0.25) is 9.59 Å². The summed E-state index contributed by atoms with van der Waals surface area (Å²) in [6.45, 7) is 8.58. The van der Waals surface area contributed by atoms with E-state index >= 15 is 0 Å². The van der Waals surface area contributed by atoms with Crippen molar-refractivity contribution in [1.82, 2.24) is 9.80 Å². The molecule has 194 valence electrons. The molecule has 3 rings (SSSR count). The highest BCUT2D eigenvalue weighted by molar-refractivity contribution is 6.46. The van der Waals surface area contributed by atoms with Gasteiger partial charge in [0, 0.05) is 19.2 Å². The Morgan fingerprint density at radius 2 is 1.72 bits per heavy atom. The molecule has 0 saturated carbocycles. The number of nitrogens with zero attached hydrogens (tertiary/aromatic N) is 2. The summed E-state index contributed by atoms with van der Waals surface area (Å²) in [7, 11) is 2.95. The van der Waals surface area contributed by atoms with Crippen LogP contribution in [0.5, 0.6) is 23.0 Å². The number of hydrogen-bond acceptors (Lipinski definition) is 8. The second kappa shape index (κ2) is 11.8. The first-order valence-electron chi connectivity index (χ1n) is 12.0. The highest BCUT2D eigenvalue weighted by Crippen LogP contribution is 2.43. The highest BCUT2D eigenvalue weighted by atomic mass is 16.5. The molecule has 0 radical (unpaired) electrons. The van der Waals surface area contributed by atoms with E-state index in [-0.39, 0.29) is 34.9 Å². The number of phenolic OH excluding ortho intramolecular Hbond substituents is 1. The van der Waals surface area contributed by atoms with Crippen LogP contribution in [-0.2, 0) is 9.59 Å². The molecule has 1 saturated heterocycles. The van der Waals surface area contributed by atoms with Gasteiger partial charge in [-0.15, -0.1) is 0 Å². The summed E-state index contributed by atoms with van der Waals surface area (Å²) in [6, 6.07) is 8.60. The fraction of sp³-hybridized carbons (Fsp3) is 0.407. The third-order valence-corrected chi connectivity index (χ3v) is 6.35. The van der Waals surface area contributed by atoms with Crippen LogP contribution in [0.15, 0.2) is 42.0 Å². The van der Waals surface area contributed by atoms with Gasteiger partial charge in [0.15, 0.2) is 11.5 Å². The predicted octanol–water partition coefficient (Wildman–Crippen LogP) is 3.57. The number of carbonyl (C=O) groups excluding carboxylic acids is 2. The lowest BCUT2D eigenvalue weighted by molar-refractivity contribution is -0.140. The first-order valence-corrected chi connectivity index (χ1v) is 12.0. The summed E-state index contributed by atoms with van der Waals surface area (Å²) in [6.07, 6.45) is 0. The number of ketones is 1. The fourth-order valence-corrected chi connectivity index (χ4v) is 4.36. The van der Waals surface area contributed by atoms with Crippen LogP contribution in [0.2, 0.25) is 0 Å². The van der Waals surface area contributed by atoms with Crippen LogP contribution >= 0.6 is 0 Å². The van der Waals surface area contributed by atoms with Gasteiger partial charge in [-0.2, -0.15) is 0 Å². The lowest BCUT2D eigenvalue weighted by Gasteiger charge is -2.28. The van der Waals surface area contributed by atoms with Gasteiger partial charge in [0.2, 0.25) is 0 Å². The van der Waals surface area contributed by atoms with Crippen molar-refractivity contribution in [2.45, 2.75) is 26.8 Å². The standard InChI is InChI=1S/C27H34N2O7/c1-6-28(7-2)13-14-29-24(17-9-12-20(30)22(15-17)36-8-3)23(26(32)27(29)33)25(31)19-11-10-18(34-4)16-21(19)35-5/h9-12,15-16,24,30-31H,6-8,13-14H2,1-5H3/b25-23+. The number of Topliss-reactive ketones (excluding diaryl/α,β-unsaturated/α-hetero) is 1. The van der Waals surface area contributed by atoms with E-state index in [0.717, 1.165) is 13.1 Å². The molecule has 36 heavy (non-hydrogen) atoms. The zero-order valence-corrected chi connectivity index (χ0v) is 21.4. The van der Waals surface area contributed by atoms with Crippen molar-refractivity contribution >= 4 is 17.4 Å². The van der Waals surface area contributed by atoms with Crippen LogP contribution < -0.4 is 14.2 Å². The van der Waals surface area contributed by atoms with Crippen molar-refractivity contribution in [3.05, 3.63) is 53.1 Å². The summed E-state index contributed by atoms with van der Waals surface area (Å²) >= 11 is 0. The predicted molar refractivity (Wildman–Crippen MR) is 136 cm³/mol. The van der Waals surface area contributed by atoms with E-state index < -0.39 is 17.7 Å². The van der Waals surface area contributed by atoms with E-state index in [9.17, 15) is 19.8 Å². The van der Waals surface area contributed by atoms with Crippen LogP contribution in [0, 0.1) is 0 Å². The monoisotopic (exact) mass is 498 g/mol. The smallest absolute Gasteiger partial charge is 0.295 e. The molecule has 1 unspecified atom stereocenters. The number of rotatable bonds is 11. The lowest BCUT2D eigenvalue weighted by Crippen LogP contribution is -2.38. The van der Waals surface area contributed by atoms with E-state index in [1.54, 1.807) is 37.3 Å². The number of likely N-dealkylation sites (N-methyl/N-ethyl adjacent to an activating group) is 1. The summed E-state index contributed by atoms with van der Waals surface area (Å²) in [5.41, 5.74) is 0.731. The minimum atomic E-state index is -0.882. The van der Waals surface area contributed by atoms with Crippen LogP contribution in [0.25, 0.3) is 5.76 Å². The Balaban J connectivity index is 2.19. The quantitative estimate of drug-likeness (QED) is 0.275. The molecule has 1 heterocycles. The number of likely N-dealkylation sites (tertiary alicyclic amines) is 1. The van der Waals surface area contributed by atoms with Crippen LogP contribution in [0.1, 0.15) is 37.9 Å². The number of carbonyl (C=O) groups is 2. The van der Waals surface area contributed by atoms with Gasteiger partial charge < -0.3 is 34.2 Å². The normalized spacial score (nSPS) is 17.1. The Morgan fingerprint density at radius 3 is 2.33 bits per heavy atom. The average molecular weight is 499 g/mol. The molecular formula is C27H34N2O7. The van der Waals surface area contributed by atoms with E-state index in [1.165, 1.54) is 25.2 Å². The number of amides is 1. The summed E-state index contributed by atoms with van der Waals surface area (Å²) in [5, 5.41) is 21.6. The molecule has 1 fully saturated rings. The summed E-state index contributed by atoms with van der Waals surface area (Å²) < 4.78 is 16.2. The number of phenols is 1. The fourth-order valence-electron chi connectivity index (χ4n) is 4.36. The number of benzene rings is 2. The number of ether oxygens (including phenoxy) is 3. The minimum Gasteiger partial charge on any atom is -0.507 e. The average Bonchev–Trinajstić information content (AvgIpc) is 3.14. The Bertz CT molecular complexity index is 1140. The molecule has 0 spiro atoms. The molecule has 9 nitrogen and oxygen atoms in total. The number of aromatic hydroxyl groups is 1. The second-order valence-corrected chi connectivity index (χ2v) is 8.25. The van der Waals surface area contributed by atoms with Gasteiger partial charge in [-0.05, 0) is 49.8 Å². The van der Waals surface area contributed by atoms with Gasteiger partial charge in [0.25, 0.3) is 11.7 Å². The van der Waals surface area contributed by atoms with Crippen LogP contribution in [0.4, 0.5) is 0 Å². The van der Waals surface area contributed by atoms with E-state index in [0.29, 0.717) is 30.2 Å². The Kier molecular flexibility index (Phi) is 8.82. The third kappa shape index (κ3) is 5.26. The molecule has 9 heteroatoms. The number of hydrogen-bond donors (Lipinski definition) is 2. The van der Waals surface area contributed by atoms with Crippen molar-refractivity contribution in [2.75, 3.05) is 47.0 Å². The lowest BCUT2D eigenvalue weighted by atomic mass is 9.94. The van der Waals surface area contributed by atoms with Crippen molar-refractivity contribution in [2.24, 2.45) is 0 Å². The van der Waals surface area contributed by atoms with Gasteiger partial charge in [0.05, 0.1) is 38.0 Å². The van der Waals surface area contributed by atoms with Crippen molar-refractivity contribution in [3.8, 4) is 23.0 Å². The molecule has 1 atom stereocenters. The Hall–Kier alpha value is -3.72. The van der Waals surface area contributed by atoms with E-state index in [2.05, 4.69) is 4.90 Å². The van der Waals surface area contributed by atoms with E-state index in [1.807, 2.05) is 13.8 Å². The van der Waals surface area contributed by atoms with Crippen molar-refractivity contribution in [3.63, 3.8) is 0 Å². The SMILES string of the molecule is CCOc1cc(C2/C(=C(\O)c3ccc(OC)cc3OC)C(=O)C(=O)N2CCN(CC)CC)ccc1O. The van der Waals surface area contributed by atoms with E-state index in [4.69, 9.17) is 14.2 Å². The highest BCUT2D eigenvalue weighted by Gasteiger charge is 2.46. The molecule has 1 aliphatic rings. The van der Waals surface area contributed by atoms with Gasteiger partial charge in [-0.1, -0.05) is 19.9 Å². The van der Waals surface area contributed by atoms with Crippen molar-refractivity contribution < 1.29 is 34.0 Å². The maximum absolute atomic E-state index is 13.3. The Morgan fingerprint density at radius 1 is 1.00 bits per heavy atom. The molecule has 0 aromatic heterocycles. The van der Waals surface area contributed by atoms with Crippen molar-refractivity contribution in [1.29, 1.82) is 0 Å². The first-order chi connectivity index (χ1) is 17.3. The number of aliphatic hydroxyl groups excluding tert-OH is 1. The maximum Gasteiger partial charge on any atom is 0.295 e. The molecule has 1 amide bonds. The summed E-state index contributed by atoms with van der Waals surface area (Å²) in [4.78, 5) is 30.2. The Labute approximate surface area is 211 Å². The molecule has 2 aromatic carbocycles. The zero-order valence-electron chi connectivity index (χ0n) is 21.4. The molecule has 0 aliphatic carbocycles. The first kappa shape index (κ1) is 26.9. The number of methoxy groups -OCH3 is 2. The molecule has 1 aliphatic heterocycles. The molecule has 0 bridgehead atoms. The molecule has 2 N–H and O–H groups in total. The largest absolute Gasteiger partial charge is 0.507 e. The molecule has 2 aromatic rings. The molecular weight excluding hydrogens is 464 g/mol. The third-order valence-electron chi connectivity index (χ3n) is 6.35. The van der Waals surface area contributed by atoms with Gasteiger partial charge in [0.1, 0.15) is 17.3 Å². The topological polar surface area (TPSA) is 109 Å². The van der Waals surface area contributed by atoms with Gasteiger partial charge in [-0.25, -0.2) is 0 Å². The summed E-state index contributed by atoms with van der Waals surface area (Å²) in [5.74, 6) is -0.869. The number of aliphatic hydroxyl groups is 1. The van der Waals surface area contributed by atoms with Crippen LogP contribution in [-0.4, -0.2) is 78.7 Å². The van der Waals surface area contributed by atoms with Gasteiger partial charge >= 0.3 is 0 Å². The zero-order chi connectivity index (χ0) is 26.4.